The molecule has 9 heteroatoms. The zero-order chi connectivity index (χ0) is 22.4. The molecule has 1 aliphatic rings. The monoisotopic (exact) mass is 434 g/mol. The van der Waals surface area contributed by atoms with Crippen LogP contribution in [0.3, 0.4) is 0 Å². The molecule has 0 saturated carbocycles. The number of hydrogen-bond donors (Lipinski definition) is 3. The van der Waals surface area contributed by atoms with E-state index in [4.69, 9.17) is 4.74 Å². The Morgan fingerprint density at radius 2 is 1.81 bits per heavy atom. The molecule has 4 rings (SSSR count). The molecule has 2 aromatic carbocycles. The lowest BCUT2D eigenvalue weighted by Gasteiger charge is -2.29. The second-order valence-corrected chi connectivity index (χ2v) is 7.59. The van der Waals surface area contributed by atoms with Gasteiger partial charge in [-0.15, -0.1) is 0 Å². The Hall–Kier alpha value is -2.88. The highest BCUT2D eigenvalue weighted by Gasteiger charge is 2.61. The fourth-order valence-electron chi connectivity index (χ4n) is 3.91. The number of aliphatic hydroxyl groups excluding tert-OH is 2. The molecule has 0 spiro atoms. The summed E-state index contributed by atoms with van der Waals surface area (Å²) in [6, 6.07) is 8.65. The van der Waals surface area contributed by atoms with Crippen LogP contribution in [0.1, 0.15) is 11.1 Å². The number of halogens is 3. The molecule has 3 N–H and O–H groups in total. The maximum Gasteiger partial charge on any atom is 0.425 e. The molecule has 3 aromatic rings. The molecule has 0 bridgehead atoms. The van der Waals surface area contributed by atoms with Crippen LogP contribution in [0.2, 0.25) is 0 Å². The molecule has 0 amide bonds. The van der Waals surface area contributed by atoms with Crippen molar-refractivity contribution in [3.05, 3.63) is 59.9 Å². The van der Waals surface area contributed by atoms with Gasteiger partial charge in [0, 0.05) is 35.9 Å². The summed E-state index contributed by atoms with van der Waals surface area (Å²) >= 11 is 0. The lowest BCUT2D eigenvalue weighted by atomic mass is 9.89. The van der Waals surface area contributed by atoms with Crippen molar-refractivity contribution in [1.29, 1.82) is 0 Å². The number of aromatic nitrogens is 2. The van der Waals surface area contributed by atoms with Gasteiger partial charge in [0.05, 0.1) is 26.0 Å². The Morgan fingerprint density at radius 3 is 2.42 bits per heavy atom. The summed E-state index contributed by atoms with van der Waals surface area (Å²) < 4.78 is 49.8. The summed E-state index contributed by atoms with van der Waals surface area (Å²) in [5, 5.41) is 33.7. The average molecular weight is 434 g/mol. The van der Waals surface area contributed by atoms with E-state index >= 15 is 0 Å². The highest BCUT2D eigenvalue weighted by Crippen LogP contribution is 2.58. The van der Waals surface area contributed by atoms with E-state index in [0.717, 1.165) is 0 Å². The van der Waals surface area contributed by atoms with Crippen molar-refractivity contribution >= 4 is 0 Å². The van der Waals surface area contributed by atoms with Gasteiger partial charge < -0.3 is 20.1 Å². The molecule has 1 aliphatic carbocycles. The van der Waals surface area contributed by atoms with Gasteiger partial charge in [0.2, 0.25) is 5.60 Å². The van der Waals surface area contributed by atoms with Crippen LogP contribution in [0.4, 0.5) is 13.2 Å². The highest BCUT2D eigenvalue weighted by atomic mass is 19.4. The first-order valence-corrected chi connectivity index (χ1v) is 9.61. The Morgan fingerprint density at radius 1 is 1.10 bits per heavy atom. The number of ether oxygens (including phenoxy) is 1. The lowest BCUT2D eigenvalue weighted by molar-refractivity contribution is -0.246. The Kier molecular flexibility index (Phi) is 5.28. The molecular weight excluding hydrogens is 413 g/mol. The predicted molar refractivity (Wildman–Crippen MR) is 106 cm³/mol. The maximum atomic E-state index is 14.2. The van der Waals surface area contributed by atoms with Gasteiger partial charge in [0.25, 0.3) is 0 Å². The normalized spacial score (nSPS) is 17.7. The SMILES string of the molecule is Cn1cc(-c2cc(OCC(CO)CO)cc3c2-c2ccccc2C3(O)C(F)(F)F)cn1. The molecule has 1 unspecified atom stereocenters. The third kappa shape index (κ3) is 3.38. The van der Waals surface area contributed by atoms with Crippen molar-refractivity contribution in [2.75, 3.05) is 19.8 Å². The van der Waals surface area contributed by atoms with E-state index in [1.807, 2.05) is 0 Å². The topological polar surface area (TPSA) is 87.7 Å². The standard InChI is InChI=1S/C22H21F3N2O4/c1-27-9-14(8-26-27)17-6-15(31-12-13(10-28)11-29)7-19-20(17)16-4-2-3-5-18(16)21(19,30)22(23,24)25/h2-9,13,28-30H,10-12H2,1H3. The number of nitrogens with zero attached hydrogens (tertiary/aromatic N) is 2. The van der Waals surface area contributed by atoms with Gasteiger partial charge in [-0.3, -0.25) is 4.68 Å². The first-order valence-electron chi connectivity index (χ1n) is 9.61. The molecular formula is C22H21F3N2O4. The van der Waals surface area contributed by atoms with E-state index in [1.165, 1.54) is 29.1 Å². The van der Waals surface area contributed by atoms with Crippen molar-refractivity contribution < 1.29 is 33.2 Å². The van der Waals surface area contributed by atoms with E-state index in [0.29, 0.717) is 11.1 Å². The fraction of sp³-hybridized carbons (Fsp3) is 0.318. The van der Waals surface area contributed by atoms with Crippen LogP contribution < -0.4 is 4.74 Å². The zero-order valence-corrected chi connectivity index (χ0v) is 16.6. The number of rotatable bonds is 6. The Bertz CT molecular complexity index is 1110. The molecule has 0 saturated heterocycles. The van der Waals surface area contributed by atoms with Crippen LogP contribution in [-0.2, 0) is 12.6 Å². The molecule has 6 nitrogen and oxygen atoms in total. The van der Waals surface area contributed by atoms with Crippen molar-refractivity contribution in [1.82, 2.24) is 9.78 Å². The summed E-state index contributed by atoms with van der Waals surface area (Å²) in [6.07, 6.45) is -1.79. The fourth-order valence-corrected chi connectivity index (χ4v) is 3.91. The van der Waals surface area contributed by atoms with Gasteiger partial charge in [0.15, 0.2) is 0 Å². The van der Waals surface area contributed by atoms with Crippen LogP contribution in [0, 0.1) is 5.92 Å². The van der Waals surface area contributed by atoms with Crippen LogP contribution in [-0.4, -0.2) is 51.1 Å². The molecule has 1 heterocycles. The number of aliphatic hydroxyl groups is 3. The third-order valence-electron chi connectivity index (χ3n) is 5.52. The Labute approximate surface area is 176 Å². The number of aryl methyl sites for hydroxylation is 1. The van der Waals surface area contributed by atoms with Crippen LogP contribution in [0.25, 0.3) is 22.3 Å². The predicted octanol–water partition coefficient (Wildman–Crippen LogP) is 2.85. The second kappa shape index (κ2) is 7.67. The quantitative estimate of drug-likeness (QED) is 0.556. The average Bonchev–Trinajstić information content (AvgIpc) is 3.29. The van der Waals surface area contributed by atoms with Crippen molar-refractivity contribution in [2.45, 2.75) is 11.8 Å². The van der Waals surface area contributed by atoms with Gasteiger partial charge in [0.1, 0.15) is 5.75 Å². The van der Waals surface area contributed by atoms with Crippen molar-refractivity contribution in [3.8, 4) is 28.0 Å². The van der Waals surface area contributed by atoms with E-state index < -0.39 is 17.7 Å². The molecule has 164 valence electrons. The smallest absolute Gasteiger partial charge is 0.425 e. The molecule has 1 atom stereocenters. The molecule has 0 radical (unpaired) electrons. The minimum atomic E-state index is -4.97. The summed E-state index contributed by atoms with van der Waals surface area (Å²) in [5.74, 6) is -0.506. The second-order valence-electron chi connectivity index (χ2n) is 7.59. The lowest BCUT2D eigenvalue weighted by Crippen LogP contribution is -2.41. The molecule has 0 fully saturated rings. The summed E-state index contributed by atoms with van der Waals surface area (Å²) in [4.78, 5) is 0. The largest absolute Gasteiger partial charge is 0.493 e. The first-order chi connectivity index (χ1) is 14.7. The van der Waals surface area contributed by atoms with E-state index in [1.54, 1.807) is 31.4 Å². The van der Waals surface area contributed by atoms with E-state index in [2.05, 4.69) is 5.10 Å². The van der Waals surface area contributed by atoms with Crippen LogP contribution in [0.15, 0.2) is 48.8 Å². The minimum Gasteiger partial charge on any atom is -0.493 e. The van der Waals surface area contributed by atoms with Crippen molar-refractivity contribution in [3.63, 3.8) is 0 Å². The van der Waals surface area contributed by atoms with Crippen LogP contribution >= 0.6 is 0 Å². The van der Waals surface area contributed by atoms with Gasteiger partial charge >= 0.3 is 6.18 Å². The van der Waals surface area contributed by atoms with Crippen LogP contribution in [0.5, 0.6) is 5.75 Å². The molecule has 31 heavy (non-hydrogen) atoms. The van der Waals surface area contributed by atoms with E-state index in [9.17, 15) is 28.5 Å². The van der Waals surface area contributed by atoms with Gasteiger partial charge in [-0.1, -0.05) is 24.3 Å². The minimum absolute atomic E-state index is 0.0833. The maximum absolute atomic E-state index is 14.2. The summed E-state index contributed by atoms with van der Waals surface area (Å²) in [5.41, 5.74) is -2.25. The van der Waals surface area contributed by atoms with Crippen molar-refractivity contribution in [2.24, 2.45) is 13.0 Å². The molecule has 1 aromatic heterocycles. The number of fused-ring (bicyclic) bond motifs is 3. The number of alkyl halides is 3. The van der Waals surface area contributed by atoms with Gasteiger partial charge in [-0.05, 0) is 28.8 Å². The van der Waals surface area contributed by atoms with Gasteiger partial charge in [-0.2, -0.15) is 18.3 Å². The van der Waals surface area contributed by atoms with Gasteiger partial charge in [-0.25, -0.2) is 0 Å². The third-order valence-corrected chi connectivity index (χ3v) is 5.52. The summed E-state index contributed by atoms with van der Waals surface area (Å²) in [6.45, 7) is -0.778. The number of hydrogen-bond acceptors (Lipinski definition) is 5. The highest BCUT2D eigenvalue weighted by molar-refractivity contribution is 5.93. The van der Waals surface area contributed by atoms with E-state index in [-0.39, 0.29) is 47.8 Å². The number of benzene rings is 2. The summed E-state index contributed by atoms with van der Waals surface area (Å²) in [7, 11) is 1.69. The Balaban J connectivity index is 1.96. The first kappa shape index (κ1) is 21.4. The zero-order valence-electron chi connectivity index (χ0n) is 16.6. The molecule has 0 aliphatic heterocycles.